The van der Waals surface area contributed by atoms with Crippen LogP contribution in [0, 0.1) is 5.92 Å². The average Bonchev–Trinajstić information content (AvgIpc) is 2.75. The number of ether oxygens (including phenoxy) is 1. The van der Waals surface area contributed by atoms with Crippen LogP contribution in [0.1, 0.15) is 32.6 Å². The lowest BCUT2D eigenvalue weighted by atomic mass is 10.1. The number of nitrogens with one attached hydrogen (secondary N) is 1. The van der Waals surface area contributed by atoms with Crippen molar-refractivity contribution in [1.29, 1.82) is 0 Å². The lowest BCUT2D eigenvalue weighted by molar-refractivity contribution is -0.00236. The van der Waals surface area contributed by atoms with Crippen molar-refractivity contribution in [3.05, 3.63) is 0 Å². The predicted octanol–water partition coefficient (Wildman–Crippen LogP) is 1.49. The number of likely N-dealkylation sites (tertiary alicyclic amines) is 1. The van der Waals surface area contributed by atoms with Crippen molar-refractivity contribution in [3.8, 4) is 0 Å². The molecule has 0 aromatic carbocycles. The Morgan fingerprint density at radius 1 is 1.31 bits per heavy atom. The van der Waals surface area contributed by atoms with Crippen molar-refractivity contribution in [2.45, 2.75) is 38.7 Å². The molecule has 0 saturated carbocycles. The summed E-state index contributed by atoms with van der Waals surface area (Å²) >= 11 is 0. The van der Waals surface area contributed by atoms with E-state index in [9.17, 15) is 0 Å². The summed E-state index contributed by atoms with van der Waals surface area (Å²) in [5.41, 5.74) is 0. The fourth-order valence-corrected chi connectivity index (χ4v) is 2.83. The molecule has 0 aromatic rings. The normalized spacial score (nSPS) is 32.1. The molecule has 2 aliphatic rings. The molecular formula is C13H26N2O. The van der Waals surface area contributed by atoms with Gasteiger partial charge in [0.15, 0.2) is 0 Å². The van der Waals surface area contributed by atoms with Crippen LogP contribution in [0.15, 0.2) is 0 Å². The predicted molar refractivity (Wildman–Crippen MR) is 66.7 cm³/mol. The summed E-state index contributed by atoms with van der Waals surface area (Å²) in [6.07, 6.45) is 5.78. The molecule has 3 heteroatoms. The maximum atomic E-state index is 5.80. The first-order valence-electron chi connectivity index (χ1n) is 6.93. The highest BCUT2D eigenvalue weighted by atomic mass is 16.5. The van der Waals surface area contributed by atoms with Crippen molar-refractivity contribution in [1.82, 2.24) is 10.2 Å². The molecule has 94 valence electrons. The molecule has 0 aliphatic carbocycles. The van der Waals surface area contributed by atoms with Gasteiger partial charge in [-0.3, -0.25) is 0 Å². The molecule has 0 spiro atoms. The van der Waals surface area contributed by atoms with Crippen molar-refractivity contribution in [2.24, 2.45) is 5.92 Å². The van der Waals surface area contributed by atoms with E-state index in [1.807, 2.05) is 0 Å². The molecule has 2 aliphatic heterocycles. The van der Waals surface area contributed by atoms with E-state index in [0.717, 1.165) is 19.1 Å². The lowest BCUT2D eigenvalue weighted by Gasteiger charge is -2.27. The van der Waals surface area contributed by atoms with Gasteiger partial charge in [0.05, 0.1) is 6.10 Å². The molecule has 2 heterocycles. The molecule has 0 aromatic heterocycles. The Morgan fingerprint density at radius 3 is 3.00 bits per heavy atom. The van der Waals surface area contributed by atoms with Gasteiger partial charge < -0.3 is 15.0 Å². The van der Waals surface area contributed by atoms with E-state index in [-0.39, 0.29) is 0 Å². The molecule has 2 fully saturated rings. The van der Waals surface area contributed by atoms with Crippen LogP contribution in [0.2, 0.25) is 0 Å². The van der Waals surface area contributed by atoms with Crippen LogP contribution in [-0.2, 0) is 4.74 Å². The second-order valence-electron chi connectivity index (χ2n) is 5.21. The second-order valence-corrected chi connectivity index (χ2v) is 5.21. The Bertz CT molecular complexity index is 192. The molecule has 0 bridgehead atoms. The average molecular weight is 226 g/mol. The van der Waals surface area contributed by atoms with E-state index < -0.39 is 0 Å². The third-order valence-electron chi connectivity index (χ3n) is 3.79. The van der Waals surface area contributed by atoms with Crippen LogP contribution in [0.5, 0.6) is 0 Å². The SMILES string of the molecule is CCNCC1CCN(CC2CCCCO2)C1. The molecule has 1 N–H and O–H groups in total. The maximum absolute atomic E-state index is 5.80. The Hall–Kier alpha value is -0.120. The molecule has 0 radical (unpaired) electrons. The van der Waals surface area contributed by atoms with Crippen LogP contribution >= 0.6 is 0 Å². The number of hydrogen-bond acceptors (Lipinski definition) is 3. The molecule has 2 saturated heterocycles. The Labute approximate surface area is 99.5 Å². The van der Waals surface area contributed by atoms with Gasteiger partial charge in [-0.25, -0.2) is 0 Å². The van der Waals surface area contributed by atoms with Gasteiger partial charge in [-0.1, -0.05) is 6.92 Å². The quantitative estimate of drug-likeness (QED) is 0.768. The fraction of sp³-hybridized carbons (Fsp3) is 1.00. The minimum atomic E-state index is 0.520. The third kappa shape index (κ3) is 3.72. The first-order chi connectivity index (χ1) is 7.88. The molecule has 2 rings (SSSR count). The molecule has 2 unspecified atom stereocenters. The van der Waals surface area contributed by atoms with Gasteiger partial charge in [0.25, 0.3) is 0 Å². The molecule has 0 amide bonds. The van der Waals surface area contributed by atoms with Gasteiger partial charge in [-0.2, -0.15) is 0 Å². The van der Waals surface area contributed by atoms with Crippen LogP contribution < -0.4 is 5.32 Å². The zero-order valence-electron chi connectivity index (χ0n) is 10.6. The minimum absolute atomic E-state index is 0.520. The van der Waals surface area contributed by atoms with Gasteiger partial charge in [-0.05, 0) is 51.2 Å². The highest BCUT2D eigenvalue weighted by Gasteiger charge is 2.25. The van der Waals surface area contributed by atoms with Crippen LogP contribution in [0.3, 0.4) is 0 Å². The molecule has 3 nitrogen and oxygen atoms in total. The van der Waals surface area contributed by atoms with Crippen molar-refractivity contribution in [3.63, 3.8) is 0 Å². The smallest absolute Gasteiger partial charge is 0.0702 e. The number of nitrogens with zero attached hydrogens (tertiary/aromatic N) is 1. The van der Waals surface area contributed by atoms with Crippen molar-refractivity contribution in [2.75, 3.05) is 39.3 Å². The van der Waals surface area contributed by atoms with E-state index in [1.165, 1.54) is 51.9 Å². The van der Waals surface area contributed by atoms with Crippen LogP contribution in [0.25, 0.3) is 0 Å². The number of rotatable bonds is 5. The Morgan fingerprint density at radius 2 is 2.25 bits per heavy atom. The topological polar surface area (TPSA) is 24.5 Å². The van der Waals surface area contributed by atoms with E-state index in [0.29, 0.717) is 6.10 Å². The standard InChI is InChI=1S/C13H26N2O/c1-2-14-9-12-6-7-15(10-12)11-13-5-3-4-8-16-13/h12-14H,2-11H2,1H3. The Kier molecular flexibility index (Phi) is 5.07. The first-order valence-corrected chi connectivity index (χ1v) is 6.93. The Balaban J connectivity index is 1.63. The van der Waals surface area contributed by atoms with E-state index in [1.54, 1.807) is 0 Å². The third-order valence-corrected chi connectivity index (χ3v) is 3.79. The van der Waals surface area contributed by atoms with Gasteiger partial charge in [-0.15, -0.1) is 0 Å². The van der Waals surface area contributed by atoms with E-state index in [4.69, 9.17) is 4.74 Å². The zero-order chi connectivity index (χ0) is 11.2. The van der Waals surface area contributed by atoms with Gasteiger partial charge >= 0.3 is 0 Å². The number of hydrogen-bond donors (Lipinski definition) is 1. The first kappa shape index (κ1) is 12.3. The monoisotopic (exact) mass is 226 g/mol. The van der Waals surface area contributed by atoms with E-state index >= 15 is 0 Å². The molecule has 2 atom stereocenters. The van der Waals surface area contributed by atoms with Crippen molar-refractivity contribution < 1.29 is 4.74 Å². The summed E-state index contributed by atoms with van der Waals surface area (Å²) in [6.45, 7) is 9.17. The second kappa shape index (κ2) is 6.58. The van der Waals surface area contributed by atoms with Crippen LogP contribution in [0.4, 0.5) is 0 Å². The largest absolute Gasteiger partial charge is 0.377 e. The summed E-state index contributed by atoms with van der Waals surface area (Å²) in [4.78, 5) is 2.60. The van der Waals surface area contributed by atoms with Crippen LogP contribution in [-0.4, -0.2) is 50.3 Å². The van der Waals surface area contributed by atoms with Gasteiger partial charge in [0.2, 0.25) is 0 Å². The molecule has 16 heavy (non-hydrogen) atoms. The summed E-state index contributed by atoms with van der Waals surface area (Å²) in [6, 6.07) is 0. The summed E-state index contributed by atoms with van der Waals surface area (Å²) in [5, 5.41) is 3.46. The van der Waals surface area contributed by atoms with E-state index in [2.05, 4.69) is 17.1 Å². The van der Waals surface area contributed by atoms with Gasteiger partial charge in [0, 0.05) is 19.7 Å². The fourth-order valence-electron chi connectivity index (χ4n) is 2.83. The molecular weight excluding hydrogens is 200 g/mol. The van der Waals surface area contributed by atoms with Crippen molar-refractivity contribution >= 4 is 0 Å². The summed E-state index contributed by atoms with van der Waals surface area (Å²) < 4.78 is 5.80. The highest BCUT2D eigenvalue weighted by molar-refractivity contribution is 4.79. The zero-order valence-corrected chi connectivity index (χ0v) is 10.6. The lowest BCUT2D eigenvalue weighted by Crippen LogP contribution is -2.35. The highest BCUT2D eigenvalue weighted by Crippen LogP contribution is 2.19. The summed E-state index contributed by atoms with van der Waals surface area (Å²) in [5.74, 6) is 0.864. The minimum Gasteiger partial charge on any atom is -0.377 e. The van der Waals surface area contributed by atoms with Gasteiger partial charge in [0.1, 0.15) is 0 Å². The summed E-state index contributed by atoms with van der Waals surface area (Å²) in [7, 11) is 0. The maximum Gasteiger partial charge on any atom is 0.0702 e.